The van der Waals surface area contributed by atoms with Crippen LogP contribution in [0.5, 0.6) is 0 Å². The lowest BCUT2D eigenvalue weighted by atomic mass is 9.87. The number of hydrogen-bond donors (Lipinski definition) is 1. The summed E-state index contributed by atoms with van der Waals surface area (Å²) in [5.74, 6) is -3.09. The van der Waals surface area contributed by atoms with Crippen molar-refractivity contribution in [1.29, 1.82) is 0 Å². The first-order valence-electron chi connectivity index (χ1n) is 6.29. The van der Waals surface area contributed by atoms with Gasteiger partial charge >= 0.3 is 0 Å². The third kappa shape index (κ3) is 2.83. The zero-order chi connectivity index (χ0) is 12.3. The van der Waals surface area contributed by atoms with Crippen LogP contribution in [0, 0.1) is 5.92 Å². The Hall–Kier alpha value is -0.960. The van der Waals surface area contributed by atoms with Gasteiger partial charge in [0, 0.05) is 25.4 Å². The summed E-state index contributed by atoms with van der Waals surface area (Å²) in [6.07, 6.45) is 1.35. The SMILES string of the molecule is CCc1ccccc1CC1CNCCC1(F)F. The van der Waals surface area contributed by atoms with E-state index in [0.29, 0.717) is 19.5 Å². The zero-order valence-corrected chi connectivity index (χ0v) is 10.2. The van der Waals surface area contributed by atoms with Gasteiger partial charge in [-0.15, -0.1) is 0 Å². The molecule has 1 nitrogen and oxygen atoms in total. The van der Waals surface area contributed by atoms with Crippen LogP contribution in [0.2, 0.25) is 0 Å². The molecule has 2 rings (SSSR count). The molecule has 0 saturated carbocycles. The number of piperidine rings is 1. The maximum atomic E-state index is 13.8. The van der Waals surface area contributed by atoms with Gasteiger partial charge in [-0.05, 0) is 24.0 Å². The van der Waals surface area contributed by atoms with Crippen LogP contribution in [0.4, 0.5) is 8.78 Å². The standard InChI is InChI=1S/C14H19F2N/c1-2-11-5-3-4-6-12(11)9-13-10-17-8-7-14(13,15)16/h3-6,13,17H,2,7-10H2,1H3. The molecule has 94 valence electrons. The molecule has 3 heteroatoms. The van der Waals surface area contributed by atoms with E-state index in [1.807, 2.05) is 24.3 Å². The minimum absolute atomic E-state index is 0.0358. The maximum Gasteiger partial charge on any atom is 0.253 e. The maximum absolute atomic E-state index is 13.8. The van der Waals surface area contributed by atoms with Crippen LogP contribution in [0.15, 0.2) is 24.3 Å². The first kappa shape index (κ1) is 12.5. The number of aryl methyl sites for hydroxylation is 1. The van der Waals surface area contributed by atoms with Crippen molar-refractivity contribution in [2.24, 2.45) is 5.92 Å². The van der Waals surface area contributed by atoms with E-state index >= 15 is 0 Å². The molecule has 1 aliphatic rings. The van der Waals surface area contributed by atoms with E-state index in [1.54, 1.807) is 0 Å². The number of hydrogen-bond acceptors (Lipinski definition) is 1. The predicted molar refractivity (Wildman–Crippen MR) is 65.4 cm³/mol. The monoisotopic (exact) mass is 239 g/mol. The van der Waals surface area contributed by atoms with E-state index < -0.39 is 11.8 Å². The lowest BCUT2D eigenvalue weighted by Gasteiger charge is -2.32. The zero-order valence-electron chi connectivity index (χ0n) is 10.2. The number of alkyl halides is 2. The molecule has 0 amide bonds. The third-order valence-electron chi connectivity index (χ3n) is 3.59. The first-order chi connectivity index (χ1) is 8.13. The van der Waals surface area contributed by atoms with Gasteiger partial charge in [0.1, 0.15) is 0 Å². The molecule has 1 fully saturated rings. The molecule has 1 aromatic rings. The van der Waals surface area contributed by atoms with Gasteiger partial charge in [-0.1, -0.05) is 31.2 Å². The Morgan fingerprint density at radius 3 is 2.65 bits per heavy atom. The lowest BCUT2D eigenvalue weighted by molar-refractivity contribution is -0.0776. The molecule has 1 saturated heterocycles. The Morgan fingerprint density at radius 1 is 1.29 bits per heavy atom. The summed E-state index contributed by atoms with van der Waals surface area (Å²) in [6, 6.07) is 7.91. The van der Waals surface area contributed by atoms with Gasteiger partial charge in [0.2, 0.25) is 0 Å². The van der Waals surface area contributed by atoms with Crippen molar-refractivity contribution in [2.45, 2.75) is 32.1 Å². The fourth-order valence-corrected chi connectivity index (χ4v) is 2.47. The van der Waals surface area contributed by atoms with E-state index in [1.165, 1.54) is 5.56 Å². The number of benzene rings is 1. The topological polar surface area (TPSA) is 12.0 Å². The molecule has 0 spiro atoms. The summed E-state index contributed by atoms with van der Waals surface area (Å²) in [4.78, 5) is 0. The number of nitrogens with one attached hydrogen (secondary N) is 1. The van der Waals surface area contributed by atoms with Crippen molar-refractivity contribution < 1.29 is 8.78 Å². The third-order valence-corrected chi connectivity index (χ3v) is 3.59. The molecule has 0 aliphatic carbocycles. The van der Waals surface area contributed by atoms with Crippen molar-refractivity contribution in [2.75, 3.05) is 13.1 Å². The fourth-order valence-electron chi connectivity index (χ4n) is 2.47. The second-order valence-corrected chi connectivity index (χ2v) is 4.74. The van der Waals surface area contributed by atoms with E-state index in [0.717, 1.165) is 12.0 Å². The highest BCUT2D eigenvalue weighted by Crippen LogP contribution is 2.33. The molecule has 1 N–H and O–H groups in total. The van der Waals surface area contributed by atoms with E-state index in [4.69, 9.17) is 0 Å². The molecule has 0 radical (unpaired) electrons. The van der Waals surface area contributed by atoms with Crippen LogP contribution in [-0.4, -0.2) is 19.0 Å². The van der Waals surface area contributed by atoms with E-state index in [2.05, 4.69) is 12.2 Å². The Morgan fingerprint density at radius 2 is 2.00 bits per heavy atom. The Bertz CT molecular complexity index is 376. The highest BCUT2D eigenvalue weighted by molar-refractivity contribution is 5.27. The Labute approximate surface area is 101 Å². The molecular weight excluding hydrogens is 220 g/mol. The van der Waals surface area contributed by atoms with Crippen LogP contribution in [0.25, 0.3) is 0 Å². The minimum Gasteiger partial charge on any atom is -0.316 e. The summed E-state index contributed by atoms with van der Waals surface area (Å²) >= 11 is 0. The Kier molecular flexibility index (Phi) is 3.77. The van der Waals surface area contributed by atoms with Crippen molar-refractivity contribution in [1.82, 2.24) is 5.32 Å². The largest absolute Gasteiger partial charge is 0.316 e. The van der Waals surface area contributed by atoms with Crippen LogP contribution in [0.1, 0.15) is 24.5 Å². The molecule has 1 aliphatic heterocycles. The second-order valence-electron chi connectivity index (χ2n) is 4.74. The van der Waals surface area contributed by atoms with Crippen LogP contribution < -0.4 is 5.32 Å². The smallest absolute Gasteiger partial charge is 0.253 e. The average Bonchev–Trinajstić information content (AvgIpc) is 2.32. The van der Waals surface area contributed by atoms with Gasteiger partial charge in [-0.3, -0.25) is 0 Å². The molecule has 1 unspecified atom stereocenters. The quantitative estimate of drug-likeness (QED) is 0.855. The molecule has 1 heterocycles. The summed E-state index contributed by atoms with van der Waals surface area (Å²) in [5, 5.41) is 3.07. The molecule has 0 bridgehead atoms. The lowest BCUT2D eigenvalue weighted by Crippen LogP contribution is -2.45. The summed E-state index contributed by atoms with van der Waals surface area (Å²) in [5.41, 5.74) is 2.26. The molecule has 1 atom stereocenters. The van der Waals surface area contributed by atoms with Gasteiger partial charge < -0.3 is 5.32 Å². The first-order valence-corrected chi connectivity index (χ1v) is 6.29. The van der Waals surface area contributed by atoms with Crippen LogP contribution in [0.3, 0.4) is 0 Å². The van der Waals surface area contributed by atoms with Crippen molar-refractivity contribution in [3.63, 3.8) is 0 Å². The molecule has 1 aromatic carbocycles. The fraction of sp³-hybridized carbons (Fsp3) is 0.571. The van der Waals surface area contributed by atoms with Crippen LogP contribution in [-0.2, 0) is 12.8 Å². The van der Waals surface area contributed by atoms with Gasteiger partial charge in [-0.25, -0.2) is 8.78 Å². The summed E-state index contributed by atoms with van der Waals surface area (Å²) in [6.45, 7) is 2.92. The van der Waals surface area contributed by atoms with E-state index in [-0.39, 0.29) is 6.42 Å². The van der Waals surface area contributed by atoms with Gasteiger partial charge in [0.15, 0.2) is 0 Å². The van der Waals surface area contributed by atoms with Crippen molar-refractivity contribution in [3.8, 4) is 0 Å². The Balaban J connectivity index is 2.14. The number of halogens is 2. The summed E-state index contributed by atoms with van der Waals surface area (Å²) < 4.78 is 27.5. The van der Waals surface area contributed by atoms with Gasteiger partial charge in [-0.2, -0.15) is 0 Å². The molecule has 17 heavy (non-hydrogen) atoms. The van der Waals surface area contributed by atoms with Gasteiger partial charge in [0.25, 0.3) is 5.92 Å². The van der Waals surface area contributed by atoms with Crippen LogP contribution >= 0.6 is 0 Å². The highest BCUT2D eigenvalue weighted by atomic mass is 19.3. The van der Waals surface area contributed by atoms with Crippen molar-refractivity contribution >= 4 is 0 Å². The van der Waals surface area contributed by atoms with Crippen molar-refractivity contribution in [3.05, 3.63) is 35.4 Å². The predicted octanol–water partition coefficient (Wildman–Crippen LogP) is 3.04. The van der Waals surface area contributed by atoms with E-state index in [9.17, 15) is 8.78 Å². The highest BCUT2D eigenvalue weighted by Gasteiger charge is 2.41. The second kappa shape index (κ2) is 5.13. The average molecular weight is 239 g/mol. The molecular formula is C14H19F2N. The van der Waals surface area contributed by atoms with Gasteiger partial charge in [0.05, 0.1) is 0 Å². The summed E-state index contributed by atoms with van der Waals surface area (Å²) in [7, 11) is 0. The minimum atomic E-state index is -2.52. The normalized spacial score (nSPS) is 23.6. The molecule has 0 aromatic heterocycles. The number of rotatable bonds is 3.